The van der Waals surface area contributed by atoms with E-state index in [0.29, 0.717) is 17.8 Å². The molecule has 0 spiro atoms. The molecule has 3 nitrogen and oxygen atoms in total. The molecule has 1 aliphatic rings. The number of halogens is 1. The van der Waals surface area contributed by atoms with Gasteiger partial charge < -0.3 is 0 Å². The van der Waals surface area contributed by atoms with Gasteiger partial charge in [0.2, 0.25) is 0 Å². The summed E-state index contributed by atoms with van der Waals surface area (Å²) in [6.07, 6.45) is -0.541. The number of aryl methyl sites for hydroxylation is 3. The third-order valence-electron chi connectivity index (χ3n) is 5.17. The van der Waals surface area contributed by atoms with E-state index < -0.39 is 12.1 Å². The molecule has 1 aromatic heterocycles. The highest BCUT2D eigenvalue weighted by atomic mass is 19.1. The number of ketones is 2. The zero-order valence-electron chi connectivity index (χ0n) is 15.7. The second-order valence-corrected chi connectivity index (χ2v) is 7.39. The number of carbonyl (C=O) groups excluding carboxylic acids is 2. The number of rotatable bonds is 4. The zero-order valence-corrected chi connectivity index (χ0v) is 15.7. The van der Waals surface area contributed by atoms with Crippen molar-refractivity contribution in [2.45, 2.75) is 52.6 Å². The highest BCUT2D eigenvalue weighted by molar-refractivity contribution is 6.15. The Morgan fingerprint density at radius 2 is 1.81 bits per heavy atom. The van der Waals surface area contributed by atoms with Crippen LogP contribution >= 0.6 is 0 Å². The summed E-state index contributed by atoms with van der Waals surface area (Å²) < 4.78 is 13.5. The van der Waals surface area contributed by atoms with Crippen molar-refractivity contribution >= 4 is 11.6 Å². The molecule has 0 radical (unpaired) electrons. The predicted octanol–water partition coefficient (Wildman–Crippen LogP) is 4.52. The lowest BCUT2D eigenvalue weighted by Gasteiger charge is -2.16. The molecule has 136 valence electrons. The first-order valence-electron chi connectivity index (χ1n) is 9.02. The van der Waals surface area contributed by atoms with E-state index in [9.17, 15) is 14.0 Å². The van der Waals surface area contributed by atoms with Crippen molar-refractivity contribution < 1.29 is 14.0 Å². The zero-order chi connectivity index (χ0) is 19.0. The third-order valence-corrected chi connectivity index (χ3v) is 5.17. The molecular weight excluding hydrogens is 329 g/mol. The SMILES string of the molecule is Cc1cc(C)c(C2C(=O)CC(Cc3cccc(C(C)F)n3)C2=O)c(C)c1. The fraction of sp³-hybridized carbons (Fsp3) is 0.409. The number of nitrogens with zero attached hydrogens (tertiary/aromatic N) is 1. The molecule has 1 aromatic carbocycles. The van der Waals surface area contributed by atoms with Gasteiger partial charge in [0.25, 0.3) is 0 Å². The van der Waals surface area contributed by atoms with Crippen molar-refractivity contribution in [3.05, 3.63) is 64.0 Å². The van der Waals surface area contributed by atoms with Crippen LogP contribution in [0.5, 0.6) is 0 Å². The Hall–Kier alpha value is -2.36. The van der Waals surface area contributed by atoms with Crippen molar-refractivity contribution in [3.63, 3.8) is 0 Å². The van der Waals surface area contributed by atoms with E-state index in [1.54, 1.807) is 18.2 Å². The van der Waals surface area contributed by atoms with E-state index in [4.69, 9.17) is 0 Å². The number of carbonyl (C=O) groups is 2. The first kappa shape index (κ1) is 18.4. The molecule has 1 saturated carbocycles. The van der Waals surface area contributed by atoms with Crippen LogP contribution in [0.15, 0.2) is 30.3 Å². The smallest absolute Gasteiger partial charge is 0.151 e. The average molecular weight is 353 g/mol. The minimum atomic E-state index is -1.15. The van der Waals surface area contributed by atoms with E-state index in [2.05, 4.69) is 4.98 Å². The highest BCUT2D eigenvalue weighted by Crippen LogP contribution is 2.37. The molecule has 4 heteroatoms. The quantitative estimate of drug-likeness (QED) is 0.759. The molecule has 3 rings (SSSR count). The second kappa shape index (κ2) is 7.10. The highest BCUT2D eigenvalue weighted by Gasteiger charge is 2.43. The number of alkyl halides is 1. The molecule has 0 N–H and O–H groups in total. The number of benzene rings is 1. The van der Waals surface area contributed by atoms with Gasteiger partial charge in [-0.25, -0.2) is 4.39 Å². The molecule has 0 bridgehead atoms. The molecule has 0 saturated heterocycles. The van der Waals surface area contributed by atoms with Crippen LogP contribution in [0.3, 0.4) is 0 Å². The van der Waals surface area contributed by atoms with Crippen molar-refractivity contribution in [1.29, 1.82) is 0 Å². The van der Waals surface area contributed by atoms with Gasteiger partial charge in [-0.15, -0.1) is 0 Å². The monoisotopic (exact) mass is 353 g/mol. The standard InChI is InChI=1S/C22H24FNO2/c1-12-8-13(2)20(14(3)9-12)21-19(25)11-16(22(21)26)10-17-6-5-7-18(24-17)15(4)23/h5-9,15-16,21H,10-11H2,1-4H3. The van der Waals surface area contributed by atoms with Crippen LogP contribution in [0, 0.1) is 26.7 Å². The fourth-order valence-corrected chi connectivity index (χ4v) is 4.06. The number of Topliss-reactive ketones (excluding diaryl/α,β-unsaturated/α-hetero) is 2. The molecular formula is C22H24FNO2. The third kappa shape index (κ3) is 3.46. The summed E-state index contributed by atoms with van der Waals surface area (Å²) in [5, 5.41) is 0. The lowest BCUT2D eigenvalue weighted by molar-refractivity contribution is -0.124. The van der Waals surface area contributed by atoms with Gasteiger partial charge in [-0.05, 0) is 62.9 Å². The summed E-state index contributed by atoms with van der Waals surface area (Å²) in [6, 6.07) is 9.21. The van der Waals surface area contributed by atoms with Crippen LogP contribution in [0.25, 0.3) is 0 Å². The normalized spacial score (nSPS) is 21.3. The Labute approximate surface area is 153 Å². The lowest BCUT2D eigenvalue weighted by Crippen LogP contribution is -2.19. The number of hydrogen-bond donors (Lipinski definition) is 0. The predicted molar refractivity (Wildman–Crippen MR) is 99.0 cm³/mol. The Morgan fingerprint density at radius 3 is 2.42 bits per heavy atom. The summed E-state index contributed by atoms with van der Waals surface area (Å²) in [6.45, 7) is 7.36. The van der Waals surface area contributed by atoms with Gasteiger partial charge in [-0.1, -0.05) is 23.8 Å². The molecule has 0 amide bonds. The van der Waals surface area contributed by atoms with E-state index >= 15 is 0 Å². The molecule has 1 fully saturated rings. The first-order valence-corrected chi connectivity index (χ1v) is 9.02. The van der Waals surface area contributed by atoms with Crippen LogP contribution in [-0.4, -0.2) is 16.6 Å². The summed E-state index contributed by atoms with van der Waals surface area (Å²) in [5.74, 6) is -1.12. The topological polar surface area (TPSA) is 47.0 Å². The second-order valence-electron chi connectivity index (χ2n) is 7.39. The minimum absolute atomic E-state index is 0.0231. The average Bonchev–Trinajstić information content (AvgIpc) is 2.82. The summed E-state index contributed by atoms with van der Waals surface area (Å²) in [4.78, 5) is 30.0. The van der Waals surface area contributed by atoms with Crippen LogP contribution in [0.4, 0.5) is 4.39 Å². The summed E-state index contributed by atoms with van der Waals surface area (Å²) in [7, 11) is 0. The maximum Gasteiger partial charge on any atom is 0.151 e. The number of pyridine rings is 1. The van der Waals surface area contributed by atoms with Crippen molar-refractivity contribution in [2.24, 2.45) is 5.92 Å². The molecule has 26 heavy (non-hydrogen) atoms. The van der Waals surface area contributed by atoms with E-state index in [-0.39, 0.29) is 23.9 Å². The van der Waals surface area contributed by atoms with Crippen molar-refractivity contribution in [3.8, 4) is 0 Å². The summed E-state index contributed by atoms with van der Waals surface area (Å²) in [5.41, 5.74) is 4.98. The van der Waals surface area contributed by atoms with E-state index in [1.165, 1.54) is 6.92 Å². The number of hydrogen-bond acceptors (Lipinski definition) is 3. The Balaban J connectivity index is 1.87. The Morgan fingerprint density at radius 1 is 1.15 bits per heavy atom. The Bertz CT molecular complexity index is 849. The maximum atomic E-state index is 13.5. The first-order chi connectivity index (χ1) is 12.3. The van der Waals surface area contributed by atoms with Gasteiger partial charge in [0.15, 0.2) is 5.78 Å². The molecule has 3 atom stereocenters. The Kier molecular flexibility index (Phi) is 5.03. The van der Waals surface area contributed by atoms with Crippen molar-refractivity contribution in [1.82, 2.24) is 4.98 Å². The number of aromatic nitrogens is 1. The van der Waals surface area contributed by atoms with Gasteiger partial charge in [-0.3, -0.25) is 14.6 Å². The van der Waals surface area contributed by atoms with E-state index in [1.807, 2.05) is 32.9 Å². The van der Waals surface area contributed by atoms with Gasteiger partial charge in [0, 0.05) is 18.0 Å². The molecule has 0 aliphatic heterocycles. The molecule has 1 heterocycles. The fourth-order valence-electron chi connectivity index (χ4n) is 4.06. The van der Waals surface area contributed by atoms with Crippen LogP contribution in [-0.2, 0) is 16.0 Å². The van der Waals surface area contributed by atoms with E-state index in [0.717, 1.165) is 22.3 Å². The van der Waals surface area contributed by atoms with Gasteiger partial charge in [-0.2, -0.15) is 0 Å². The molecule has 3 unspecified atom stereocenters. The minimum Gasteiger partial charge on any atom is -0.298 e. The van der Waals surface area contributed by atoms with Gasteiger partial charge in [0.1, 0.15) is 17.9 Å². The van der Waals surface area contributed by atoms with Crippen LogP contribution in [0.1, 0.15) is 59.1 Å². The van der Waals surface area contributed by atoms with Gasteiger partial charge in [0.05, 0.1) is 5.69 Å². The maximum absolute atomic E-state index is 13.5. The van der Waals surface area contributed by atoms with Crippen LogP contribution in [0.2, 0.25) is 0 Å². The van der Waals surface area contributed by atoms with Crippen LogP contribution < -0.4 is 0 Å². The molecule has 1 aliphatic carbocycles. The lowest BCUT2D eigenvalue weighted by atomic mass is 9.86. The van der Waals surface area contributed by atoms with Crippen molar-refractivity contribution in [2.75, 3.05) is 0 Å². The van der Waals surface area contributed by atoms with Gasteiger partial charge >= 0.3 is 0 Å². The summed E-state index contributed by atoms with van der Waals surface area (Å²) >= 11 is 0. The largest absolute Gasteiger partial charge is 0.298 e. The molecule has 2 aromatic rings.